The van der Waals surface area contributed by atoms with E-state index in [1.807, 2.05) is 12.3 Å². The minimum absolute atomic E-state index is 0.0668. The quantitative estimate of drug-likeness (QED) is 0.357. The zero-order valence-electron chi connectivity index (χ0n) is 21.0. The number of benzene rings is 2. The van der Waals surface area contributed by atoms with Crippen LogP contribution < -0.4 is 16.6 Å². The van der Waals surface area contributed by atoms with E-state index in [2.05, 4.69) is 10.3 Å². The maximum absolute atomic E-state index is 14.0. The number of carboxylic acid groups (broad SMARTS) is 1. The van der Waals surface area contributed by atoms with Crippen LogP contribution in [0, 0.1) is 0 Å². The number of aromatic nitrogens is 2. The third kappa shape index (κ3) is 5.83. The number of carbonyl (C=O) groups is 3. The fraction of sp³-hybridized carbons (Fsp3) is 0.370. The Hall–Kier alpha value is -3.86. The van der Waals surface area contributed by atoms with E-state index in [1.165, 1.54) is 16.7 Å². The molecule has 1 fully saturated rings. The highest BCUT2D eigenvalue weighted by Crippen LogP contribution is 2.24. The molecule has 1 saturated heterocycles. The summed E-state index contributed by atoms with van der Waals surface area (Å²) in [7, 11) is 0. The average molecular weight is 539 g/mol. The number of nitrogens with zero attached hydrogens (tertiary/aromatic N) is 2. The normalized spacial score (nSPS) is 16.8. The molecule has 0 saturated carbocycles. The van der Waals surface area contributed by atoms with Gasteiger partial charge in [0.15, 0.2) is 0 Å². The summed E-state index contributed by atoms with van der Waals surface area (Å²) >= 11 is 1.47. The number of para-hydroxylation sites is 1. The fourth-order valence-corrected chi connectivity index (χ4v) is 5.31. The molecule has 0 radical (unpaired) electrons. The molecule has 2 amide bonds. The largest absolute Gasteiger partial charge is 0.480 e. The van der Waals surface area contributed by atoms with E-state index in [9.17, 15) is 29.1 Å². The van der Waals surface area contributed by atoms with Gasteiger partial charge in [-0.1, -0.05) is 42.5 Å². The van der Waals surface area contributed by atoms with Crippen molar-refractivity contribution in [2.75, 3.05) is 18.6 Å². The fourth-order valence-electron chi connectivity index (χ4n) is 4.84. The standard InChI is InChI=1S/C27H30N4O6S/c1-38-15-13-20(26(35)36)28-23(32)21-12-7-14-30(21)25(34)22(16-17-8-3-2-4-9-17)31-24(33)18-10-5-6-11-19(18)29-27(31)37/h2-6,8-11,20-22H,7,12-16H2,1H3,(H,28,32)(H,29,37)(H,35,36)/t20-,21+,22+/m1/s1. The Bertz CT molecular complexity index is 1440. The van der Waals surface area contributed by atoms with Gasteiger partial charge < -0.3 is 20.3 Å². The number of nitrogens with one attached hydrogen (secondary N) is 2. The van der Waals surface area contributed by atoms with Crippen molar-refractivity contribution >= 4 is 40.4 Å². The summed E-state index contributed by atoms with van der Waals surface area (Å²) in [5.41, 5.74) is -0.199. The number of aliphatic carboxylic acids is 1. The number of aromatic amines is 1. The van der Waals surface area contributed by atoms with E-state index < -0.39 is 47.2 Å². The highest BCUT2D eigenvalue weighted by atomic mass is 32.2. The van der Waals surface area contributed by atoms with Crippen molar-refractivity contribution in [2.24, 2.45) is 0 Å². The lowest BCUT2D eigenvalue weighted by Crippen LogP contribution is -2.53. The molecule has 3 atom stereocenters. The number of H-pyrrole nitrogens is 1. The highest BCUT2D eigenvalue weighted by molar-refractivity contribution is 7.98. The van der Waals surface area contributed by atoms with Gasteiger partial charge in [0.2, 0.25) is 11.8 Å². The SMILES string of the molecule is CSCC[C@@H](NC(=O)[C@@H]1CCCN1C(=O)[C@H](Cc1ccccc1)n1c(=O)[nH]c2ccccc2c1=O)C(=O)O. The number of carbonyl (C=O) groups excluding carboxylic acids is 2. The van der Waals surface area contributed by atoms with Crippen molar-refractivity contribution in [3.05, 3.63) is 81.0 Å². The number of hydrogen-bond acceptors (Lipinski definition) is 6. The molecule has 0 aliphatic carbocycles. The third-order valence-corrected chi connectivity index (χ3v) is 7.41. The molecule has 10 nitrogen and oxygen atoms in total. The van der Waals surface area contributed by atoms with E-state index in [4.69, 9.17) is 0 Å². The van der Waals surface area contributed by atoms with Crippen LogP contribution in [0.15, 0.2) is 64.2 Å². The summed E-state index contributed by atoms with van der Waals surface area (Å²) in [5, 5.41) is 12.4. The van der Waals surface area contributed by atoms with Crippen LogP contribution in [-0.2, 0) is 20.8 Å². The van der Waals surface area contributed by atoms with Crippen LogP contribution in [0.25, 0.3) is 10.9 Å². The summed E-state index contributed by atoms with van der Waals surface area (Å²) in [6.07, 6.45) is 3.06. The molecule has 2 aromatic carbocycles. The van der Waals surface area contributed by atoms with Crippen molar-refractivity contribution in [1.29, 1.82) is 0 Å². The van der Waals surface area contributed by atoms with Gasteiger partial charge in [0.1, 0.15) is 18.1 Å². The highest BCUT2D eigenvalue weighted by Gasteiger charge is 2.39. The topological polar surface area (TPSA) is 142 Å². The van der Waals surface area contributed by atoms with Crippen molar-refractivity contribution < 1.29 is 19.5 Å². The van der Waals surface area contributed by atoms with Crippen molar-refractivity contribution in [2.45, 2.75) is 43.8 Å². The molecule has 200 valence electrons. The van der Waals surface area contributed by atoms with Gasteiger partial charge in [-0.05, 0) is 49.0 Å². The van der Waals surface area contributed by atoms with Crippen LogP contribution in [-0.4, -0.2) is 68.0 Å². The number of amides is 2. The number of fused-ring (bicyclic) bond motifs is 1. The molecule has 0 unspecified atom stereocenters. The summed E-state index contributed by atoms with van der Waals surface area (Å²) in [4.78, 5) is 69.5. The van der Waals surface area contributed by atoms with Gasteiger partial charge in [0.25, 0.3) is 5.56 Å². The van der Waals surface area contributed by atoms with Crippen LogP contribution in [0.3, 0.4) is 0 Å². The van der Waals surface area contributed by atoms with Gasteiger partial charge in [-0.15, -0.1) is 0 Å². The summed E-state index contributed by atoms with van der Waals surface area (Å²) in [6, 6.07) is 12.5. The van der Waals surface area contributed by atoms with E-state index in [-0.39, 0.29) is 24.8 Å². The van der Waals surface area contributed by atoms with Gasteiger partial charge in [0.05, 0.1) is 10.9 Å². The average Bonchev–Trinajstić information content (AvgIpc) is 3.40. The molecule has 11 heteroatoms. The predicted molar refractivity (Wildman–Crippen MR) is 145 cm³/mol. The lowest BCUT2D eigenvalue weighted by atomic mass is 10.0. The lowest BCUT2D eigenvalue weighted by molar-refractivity contribution is -0.144. The molecule has 3 aromatic rings. The molecule has 1 aliphatic heterocycles. The maximum Gasteiger partial charge on any atom is 0.329 e. The van der Waals surface area contributed by atoms with Gasteiger partial charge in [-0.25, -0.2) is 14.2 Å². The first-order chi connectivity index (χ1) is 18.3. The summed E-state index contributed by atoms with van der Waals surface area (Å²) in [6.45, 7) is 0.255. The number of carboxylic acids is 1. The summed E-state index contributed by atoms with van der Waals surface area (Å²) in [5.74, 6) is -1.68. The Kier molecular flexibility index (Phi) is 8.67. The molecule has 1 aliphatic rings. The molecule has 38 heavy (non-hydrogen) atoms. The second-order valence-electron chi connectivity index (χ2n) is 9.23. The van der Waals surface area contributed by atoms with Gasteiger partial charge in [-0.2, -0.15) is 11.8 Å². The first-order valence-corrected chi connectivity index (χ1v) is 13.8. The molecule has 0 bridgehead atoms. The van der Waals surface area contributed by atoms with Gasteiger partial charge in [0, 0.05) is 13.0 Å². The molecule has 0 spiro atoms. The van der Waals surface area contributed by atoms with Crippen LogP contribution in [0.1, 0.15) is 30.9 Å². The molecule has 1 aromatic heterocycles. The Morgan fingerprint density at radius 2 is 1.82 bits per heavy atom. The van der Waals surface area contributed by atoms with E-state index in [0.717, 1.165) is 10.1 Å². The second kappa shape index (κ2) is 12.1. The van der Waals surface area contributed by atoms with Crippen LogP contribution in [0.2, 0.25) is 0 Å². The molecule has 2 heterocycles. The molecule has 4 rings (SSSR count). The van der Waals surface area contributed by atoms with Crippen molar-refractivity contribution in [1.82, 2.24) is 19.8 Å². The Labute approximate surface area is 223 Å². The van der Waals surface area contributed by atoms with Crippen LogP contribution in [0.4, 0.5) is 0 Å². The third-order valence-electron chi connectivity index (χ3n) is 6.77. The van der Waals surface area contributed by atoms with E-state index in [0.29, 0.717) is 24.1 Å². The minimum Gasteiger partial charge on any atom is -0.480 e. The zero-order chi connectivity index (χ0) is 27.2. The van der Waals surface area contributed by atoms with Crippen molar-refractivity contribution in [3.63, 3.8) is 0 Å². The van der Waals surface area contributed by atoms with Crippen LogP contribution in [0.5, 0.6) is 0 Å². The Morgan fingerprint density at radius 1 is 1.11 bits per heavy atom. The predicted octanol–water partition coefficient (Wildman–Crippen LogP) is 1.79. The molecule has 3 N–H and O–H groups in total. The van der Waals surface area contributed by atoms with Crippen molar-refractivity contribution in [3.8, 4) is 0 Å². The molecular weight excluding hydrogens is 508 g/mol. The van der Waals surface area contributed by atoms with E-state index >= 15 is 0 Å². The monoisotopic (exact) mass is 538 g/mol. The smallest absolute Gasteiger partial charge is 0.329 e. The number of likely N-dealkylation sites (tertiary alicyclic amines) is 1. The first kappa shape index (κ1) is 27.2. The van der Waals surface area contributed by atoms with Gasteiger partial charge >= 0.3 is 11.7 Å². The minimum atomic E-state index is -1.20. The number of hydrogen-bond donors (Lipinski definition) is 3. The second-order valence-corrected chi connectivity index (χ2v) is 10.2. The Morgan fingerprint density at radius 3 is 2.53 bits per heavy atom. The maximum atomic E-state index is 14.0. The number of thioether (sulfide) groups is 1. The summed E-state index contributed by atoms with van der Waals surface area (Å²) < 4.78 is 0.934. The van der Waals surface area contributed by atoms with E-state index in [1.54, 1.807) is 48.5 Å². The lowest BCUT2D eigenvalue weighted by Gasteiger charge is -2.29. The van der Waals surface area contributed by atoms with Crippen LogP contribution >= 0.6 is 11.8 Å². The first-order valence-electron chi connectivity index (χ1n) is 12.4. The van der Waals surface area contributed by atoms with Gasteiger partial charge in [-0.3, -0.25) is 14.4 Å². The Balaban J connectivity index is 1.70. The number of rotatable bonds is 10. The zero-order valence-corrected chi connectivity index (χ0v) is 21.8. The molecular formula is C27H30N4O6S.